The number of nitrogen functional groups attached to an aromatic ring is 1. The second kappa shape index (κ2) is 4.79. The molecule has 0 saturated carbocycles. The van der Waals surface area contributed by atoms with Crippen LogP contribution in [0.25, 0.3) is 21.7 Å². The van der Waals surface area contributed by atoms with E-state index < -0.39 is 0 Å². The van der Waals surface area contributed by atoms with Crippen LogP contribution in [-0.4, -0.2) is 10.1 Å². The largest absolute Gasteiger partial charge is 0.367 e. The first-order chi connectivity index (χ1) is 9.15. The molecule has 0 bridgehead atoms. The summed E-state index contributed by atoms with van der Waals surface area (Å²) in [5.41, 5.74) is 8.42. The van der Waals surface area contributed by atoms with Gasteiger partial charge >= 0.3 is 0 Å². The molecule has 0 amide bonds. The molecule has 0 aliphatic heterocycles. The summed E-state index contributed by atoms with van der Waals surface area (Å²) in [7, 11) is 0. The fourth-order valence-electron chi connectivity index (χ4n) is 1.86. The molecule has 2 aromatic heterocycles. The van der Waals surface area contributed by atoms with Gasteiger partial charge in [-0.2, -0.15) is 0 Å². The molecule has 0 atom stereocenters. The van der Waals surface area contributed by atoms with Crippen molar-refractivity contribution in [3.63, 3.8) is 0 Å². The summed E-state index contributed by atoms with van der Waals surface area (Å²) in [5.74, 6) is 0.319. The zero-order chi connectivity index (χ0) is 13.4. The number of aryl methyl sites for hydroxylation is 1. The van der Waals surface area contributed by atoms with Gasteiger partial charge in [-0.25, -0.2) is 4.98 Å². The van der Waals surface area contributed by atoms with Gasteiger partial charge in [-0.15, -0.1) is 11.3 Å². The smallest absolute Gasteiger partial charge is 0.230 e. The molecule has 3 aromatic rings. The molecule has 0 aliphatic carbocycles. The highest BCUT2D eigenvalue weighted by atomic mass is 79.9. The zero-order valence-electron chi connectivity index (χ0n) is 10.1. The van der Waals surface area contributed by atoms with Crippen molar-refractivity contribution in [1.29, 1.82) is 0 Å². The minimum Gasteiger partial charge on any atom is -0.367 e. The Kier molecular flexibility index (Phi) is 3.12. The average Bonchev–Trinajstić information content (AvgIpc) is 2.95. The lowest BCUT2D eigenvalue weighted by Gasteiger charge is -2.01. The van der Waals surface area contributed by atoms with Crippen molar-refractivity contribution in [3.05, 3.63) is 39.9 Å². The van der Waals surface area contributed by atoms with Gasteiger partial charge in [0.25, 0.3) is 0 Å². The number of rotatable bonds is 2. The van der Waals surface area contributed by atoms with Gasteiger partial charge in [-0.3, -0.25) is 0 Å². The van der Waals surface area contributed by atoms with Crippen LogP contribution >= 0.6 is 27.3 Å². The topological polar surface area (TPSA) is 64.9 Å². The molecule has 1 aromatic carbocycles. The standard InChI is InChI=1S/C13H10BrN3OS/c1-7-16-6-10(19-7)12-11(13(15)18-17-12)8-3-2-4-9(14)5-8/h2-6H,15H2,1H3. The second-order valence-corrected chi connectivity index (χ2v) is 6.17. The lowest BCUT2D eigenvalue weighted by atomic mass is 10.1. The molecular formula is C13H10BrN3OS. The first-order valence-electron chi connectivity index (χ1n) is 5.59. The van der Waals surface area contributed by atoms with E-state index in [2.05, 4.69) is 26.1 Å². The molecule has 96 valence electrons. The fraction of sp³-hybridized carbons (Fsp3) is 0.0769. The summed E-state index contributed by atoms with van der Waals surface area (Å²) in [4.78, 5) is 5.19. The monoisotopic (exact) mass is 335 g/mol. The van der Waals surface area contributed by atoms with Crippen LogP contribution in [0.3, 0.4) is 0 Å². The van der Waals surface area contributed by atoms with E-state index in [1.54, 1.807) is 17.5 Å². The van der Waals surface area contributed by atoms with Crippen molar-refractivity contribution in [1.82, 2.24) is 10.1 Å². The lowest BCUT2D eigenvalue weighted by Crippen LogP contribution is -1.86. The Labute approximate surface area is 122 Å². The summed E-state index contributed by atoms with van der Waals surface area (Å²) >= 11 is 5.02. The van der Waals surface area contributed by atoms with Crippen LogP contribution < -0.4 is 5.73 Å². The van der Waals surface area contributed by atoms with Crippen molar-refractivity contribution in [2.75, 3.05) is 5.73 Å². The first-order valence-corrected chi connectivity index (χ1v) is 7.20. The van der Waals surface area contributed by atoms with Crippen LogP contribution in [0.4, 0.5) is 5.88 Å². The maximum atomic E-state index is 5.91. The third-order valence-corrected chi connectivity index (χ3v) is 4.10. The SMILES string of the molecule is Cc1ncc(-c2noc(N)c2-c2cccc(Br)c2)s1. The van der Waals surface area contributed by atoms with E-state index in [9.17, 15) is 0 Å². The third kappa shape index (κ3) is 2.29. The number of hydrogen-bond acceptors (Lipinski definition) is 5. The fourth-order valence-corrected chi connectivity index (χ4v) is 3.03. The van der Waals surface area contributed by atoms with Gasteiger partial charge in [-0.1, -0.05) is 33.2 Å². The van der Waals surface area contributed by atoms with Gasteiger partial charge in [0, 0.05) is 10.7 Å². The second-order valence-electron chi connectivity index (χ2n) is 4.02. The summed E-state index contributed by atoms with van der Waals surface area (Å²) in [6, 6.07) is 7.88. The van der Waals surface area contributed by atoms with Gasteiger partial charge in [0.1, 0.15) is 5.69 Å². The molecule has 6 heteroatoms. The van der Waals surface area contributed by atoms with E-state index in [1.807, 2.05) is 31.2 Å². The number of benzene rings is 1. The maximum Gasteiger partial charge on any atom is 0.230 e. The number of nitrogens with zero attached hydrogens (tertiary/aromatic N) is 2. The molecule has 2 heterocycles. The average molecular weight is 336 g/mol. The van der Waals surface area contributed by atoms with E-state index in [0.29, 0.717) is 5.88 Å². The number of halogens is 1. The lowest BCUT2D eigenvalue weighted by molar-refractivity contribution is 0.439. The maximum absolute atomic E-state index is 5.91. The number of anilines is 1. The molecule has 0 radical (unpaired) electrons. The molecule has 2 N–H and O–H groups in total. The van der Waals surface area contributed by atoms with Gasteiger partial charge in [0.15, 0.2) is 0 Å². The van der Waals surface area contributed by atoms with E-state index in [1.165, 1.54) is 0 Å². The van der Waals surface area contributed by atoms with Gasteiger partial charge in [0.2, 0.25) is 5.88 Å². The molecule has 0 saturated heterocycles. The first kappa shape index (κ1) is 12.4. The Hall–Kier alpha value is -1.66. The molecule has 0 spiro atoms. The van der Waals surface area contributed by atoms with Gasteiger partial charge in [0.05, 0.1) is 15.4 Å². The van der Waals surface area contributed by atoms with E-state index in [-0.39, 0.29) is 0 Å². The summed E-state index contributed by atoms with van der Waals surface area (Å²) in [6.07, 6.45) is 1.79. The Balaban J connectivity index is 2.19. The van der Waals surface area contributed by atoms with Crippen molar-refractivity contribution < 1.29 is 4.52 Å². The van der Waals surface area contributed by atoms with Crippen molar-refractivity contribution >= 4 is 33.2 Å². The Morgan fingerprint density at radius 3 is 2.89 bits per heavy atom. The Morgan fingerprint density at radius 2 is 2.21 bits per heavy atom. The summed E-state index contributed by atoms with van der Waals surface area (Å²) in [6.45, 7) is 1.95. The van der Waals surface area contributed by atoms with Crippen molar-refractivity contribution in [2.45, 2.75) is 6.92 Å². The molecule has 0 unspecified atom stereocenters. The highest BCUT2D eigenvalue weighted by Crippen LogP contribution is 2.38. The quantitative estimate of drug-likeness (QED) is 0.765. The van der Waals surface area contributed by atoms with E-state index in [4.69, 9.17) is 10.3 Å². The molecule has 0 aliphatic rings. The minimum atomic E-state index is 0.319. The predicted octanol–water partition coefficient (Wildman–Crippen LogP) is 4.12. The van der Waals surface area contributed by atoms with Gasteiger partial charge < -0.3 is 10.3 Å². The molecule has 19 heavy (non-hydrogen) atoms. The number of aromatic nitrogens is 2. The molecule has 3 rings (SSSR count). The Bertz CT molecular complexity index is 735. The van der Waals surface area contributed by atoms with Crippen LogP contribution in [0, 0.1) is 6.92 Å². The summed E-state index contributed by atoms with van der Waals surface area (Å²) in [5, 5.41) is 5.04. The number of hydrogen-bond donors (Lipinski definition) is 1. The zero-order valence-corrected chi connectivity index (χ0v) is 12.5. The van der Waals surface area contributed by atoms with Crippen LogP contribution in [0.2, 0.25) is 0 Å². The molecule has 0 fully saturated rings. The minimum absolute atomic E-state index is 0.319. The van der Waals surface area contributed by atoms with E-state index >= 15 is 0 Å². The predicted molar refractivity (Wildman–Crippen MR) is 79.9 cm³/mol. The third-order valence-electron chi connectivity index (χ3n) is 2.69. The highest BCUT2D eigenvalue weighted by molar-refractivity contribution is 9.10. The summed E-state index contributed by atoms with van der Waals surface area (Å²) < 4.78 is 6.13. The van der Waals surface area contributed by atoms with Crippen LogP contribution in [0.5, 0.6) is 0 Å². The number of thiazole rings is 1. The molecular weight excluding hydrogens is 326 g/mol. The molecule has 4 nitrogen and oxygen atoms in total. The van der Waals surface area contributed by atoms with Crippen LogP contribution in [0.15, 0.2) is 39.5 Å². The Morgan fingerprint density at radius 1 is 1.37 bits per heavy atom. The van der Waals surface area contributed by atoms with E-state index in [0.717, 1.165) is 31.2 Å². The number of nitrogens with two attached hydrogens (primary N) is 1. The van der Waals surface area contributed by atoms with Crippen LogP contribution in [0.1, 0.15) is 5.01 Å². The van der Waals surface area contributed by atoms with Gasteiger partial charge in [-0.05, 0) is 24.6 Å². The van der Waals surface area contributed by atoms with Crippen molar-refractivity contribution in [2.24, 2.45) is 0 Å². The van der Waals surface area contributed by atoms with Crippen LogP contribution in [-0.2, 0) is 0 Å². The normalized spacial score (nSPS) is 10.8. The highest BCUT2D eigenvalue weighted by Gasteiger charge is 2.19. The van der Waals surface area contributed by atoms with Crippen molar-refractivity contribution in [3.8, 4) is 21.7 Å².